The first-order valence-electron chi connectivity index (χ1n) is 9.09. The maximum Gasteiger partial charge on any atom is 0.0449 e. The molecule has 1 unspecified atom stereocenters. The van der Waals surface area contributed by atoms with E-state index < -0.39 is 0 Å². The summed E-state index contributed by atoms with van der Waals surface area (Å²) in [5.74, 6) is 0. The van der Waals surface area contributed by atoms with Crippen molar-refractivity contribution >= 4 is 22.1 Å². The van der Waals surface area contributed by atoms with Crippen molar-refractivity contribution in [2.75, 3.05) is 6.54 Å². The molecule has 128 valence electrons. The van der Waals surface area contributed by atoms with E-state index in [-0.39, 0.29) is 0 Å². The number of rotatable bonds is 8. The topological polar surface area (TPSA) is 24.4 Å². The number of nitrogens with zero attached hydrogens (tertiary/aromatic N) is 1. The smallest absolute Gasteiger partial charge is 0.0449 e. The molecule has 0 bridgehead atoms. The molecular formula is C22H30N2. The lowest BCUT2D eigenvalue weighted by Crippen LogP contribution is -2.35. The zero-order chi connectivity index (χ0) is 17.4. The van der Waals surface area contributed by atoms with E-state index in [9.17, 15) is 0 Å². The van der Waals surface area contributed by atoms with Crippen LogP contribution in [0.4, 0.5) is 0 Å². The lowest BCUT2D eigenvalue weighted by atomic mass is 10.0. The molecule has 0 spiro atoms. The van der Waals surface area contributed by atoms with Crippen LogP contribution in [0.25, 0.3) is 16.3 Å². The number of aliphatic imine (C=N–C) groups is 1. The lowest BCUT2D eigenvalue weighted by Gasteiger charge is -2.16. The summed E-state index contributed by atoms with van der Waals surface area (Å²) in [5.41, 5.74) is 3.59. The third kappa shape index (κ3) is 5.04. The summed E-state index contributed by atoms with van der Waals surface area (Å²) in [6.07, 6.45) is 5.52. The second kappa shape index (κ2) is 9.39. The van der Waals surface area contributed by atoms with Crippen molar-refractivity contribution in [1.29, 1.82) is 0 Å². The predicted octanol–water partition coefficient (Wildman–Crippen LogP) is 5.83. The maximum atomic E-state index is 4.72. The van der Waals surface area contributed by atoms with Crippen molar-refractivity contribution in [3.05, 3.63) is 54.2 Å². The van der Waals surface area contributed by atoms with Gasteiger partial charge in [-0.3, -0.25) is 4.99 Å². The minimum Gasteiger partial charge on any atom is -0.309 e. The number of nitrogens with one attached hydrogen (secondary N) is 1. The van der Waals surface area contributed by atoms with E-state index in [1.165, 1.54) is 34.8 Å². The highest BCUT2D eigenvalue weighted by atomic mass is 14.9. The molecule has 0 aromatic heterocycles. The molecule has 0 aliphatic heterocycles. The Bertz CT molecular complexity index is 713. The molecule has 2 aromatic rings. The van der Waals surface area contributed by atoms with Gasteiger partial charge in [0.2, 0.25) is 0 Å². The molecule has 0 heterocycles. The molecule has 2 nitrogen and oxygen atoms in total. The van der Waals surface area contributed by atoms with Gasteiger partial charge >= 0.3 is 0 Å². The van der Waals surface area contributed by atoms with Gasteiger partial charge in [0, 0.05) is 18.0 Å². The van der Waals surface area contributed by atoms with E-state index in [1.54, 1.807) is 0 Å². The molecule has 0 aliphatic carbocycles. The summed E-state index contributed by atoms with van der Waals surface area (Å²) in [6, 6.07) is 15.4. The summed E-state index contributed by atoms with van der Waals surface area (Å²) in [6.45, 7) is 9.75. The van der Waals surface area contributed by atoms with Crippen LogP contribution in [0, 0.1) is 0 Å². The molecule has 0 saturated heterocycles. The maximum absolute atomic E-state index is 4.72. The Morgan fingerprint density at radius 1 is 1.08 bits per heavy atom. The highest BCUT2D eigenvalue weighted by Gasteiger charge is 2.07. The van der Waals surface area contributed by atoms with Crippen LogP contribution >= 0.6 is 0 Å². The third-order valence-electron chi connectivity index (χ3n) is 4.50. The van der Waals surface area contributed by atoms with Crippen molar-refractivity contribution in [2.45, 2.75) is 53.0 Å². The molecule has 0 amide bonds. The lowest BCUT2D eigenvalue weighted by molar-refractivity contribution is 0.577. The van der Waals surface area contributed by atoms with Crippen LogP contribution in [-0.2, 0) is 0 Å². The number of benzene rings is 2. The van der Waals surface area contributed by atoms with Crippen LogP contribution in [0.5, 0.6) is 0 Å². The average molecular weight is 322 g/mol. The summed E-state index contributed by atoms with van der Waals surface area (Å²) in [7, 11) is 0. The van der Waals surface area contributed by atoms with E-state index in [0.717, 1.165) is 18.7 Å². The highest BCUT2D eigenvalue weighted by molar-refractivity contribution is 5.89. The van der Waals surface area contributed by atoms with Gasteiger partial charge in [0.05, 0.1) is 0 Å². The third-order valence-corrected chi connectivity index (χ3v) is 4.50. The number of hydrogen-bond acceptors (Lipinski definition) is 2. The normalized spacial score (nSPS) is 14.2. The van der Waals surface area contributed by atoms with Crippen molar-refractivity contribution in [3.63, 3.8) is 0 Å². The van der Waals surface area contributed by atoms with E-state index in [1.807, 2.05) is 6.20 Å². The molecule has 0 saturated carbocycles. The second-order valence-corrected chi connectivity index (χ2v) is 6.41. The first-order valence-corrected chi connectivity index (χ1v) is 9.09. The Kier molecular flexibility index (Phi) is 7.20. The van der Waals surface area contributed by atoms with Gasteiger partial charge in [0.25, 0.3) is 0 Å². The van der Waals surface area contributed by atoms with Crippen LogP contribution in [0.15, 0.2) is 53.7 Å². The van der Waals surface area contributed by atoms with Crippen molar-refractivity contribution in [1.82, 2.24) is 5.32 Å². The van der Waals surface area contributed by atoms with Gasteiger partial charge < -0.3 is 5.32 Å². The summed E-state index contributed by atoms with van der Waals surface area (Å²) >= 11 is 0. The molecule has 1 N–H and O–H groups in total. The van der Waals surface area contributed by atoms with Gasteiger partial charge in [-0.1, -0.05) is 56.7 Å². The van der Waals surface area contributed by atoms with E-state index in [4.69, 9.17) is 4.99 Å². The average Bonchev–Trinajstić information content (AvgIpc) is 2.62. The number of unbranched alkanes of at least 4 members (excludes halogenated alkanes) is 1. The molecule has 2 rings (SSSR count). The number of allylic oxidation sites excluding steroid dienone is 1. The minimum atomic E-state index is 0.372. The standard InChI is InChI=1S/C22H30N2/c1-5-7-14-23-22(6-2)18(4)24-16-17(3)20-13-12-19-10-8-9-11-21(19)15-20/h8-13,15-16,22-23H,5-7,14H2,1-4H3/b17-16+,24-18?. The van der Waals surface area contributed by atoms with Crippen LogP contribution < -0.4 is 5.32 Å². The van der Waals surface area contributed by atoms with Gasteiger partial charge in [0.1, 0.15) is 0 Å². The van der Waals surface area contributed by atoms with Crippen molar-refractivity contribution in [3.8, 4) is 0 Å². The SMILES string of the molecule is CCCCNC(CC)C(C)=N/C=C(\C)c1ccc2ccccc2c1. The first kappa shape index (κ1) is 18.4. The zero-order valence-corrected chi connectivity index (χ0v) is 15.5. The quantitative estimate of drug-likeness (QED) is 0.480. The van der Waals surface area contributed by atoms with Gasteiger partial charge in [-0.25, -0.2) is 0 Å². The Hall–Kier alpha value is -1.93. The van der Waals surface area contributed by atoms with Gasteiger partial charge in [-0.05, 0) is 61.2 Å². The summed E-state index contributed by atoms with van der Waals surface area (Å²) in [5, 5.41) is 6.15. The van der Waals surface area contributed by atoms with E-state index >= 15 is 0 Å². The Morgan fingerprint density at radius 2 is 1.83 bits per heavy atom. The Balaban J connectivity index is 2.12. The molecule has 0 aliphatic rings. The second-order valence-electron chi connectivity index (χ2n) is 6.41. The Labute approximate surface area is 146 Å². The van der Waals surface area contributed by atoms with Crippen molar-refractivity contribution in [2.24, 2.45) is 4.99 Å². The first-order chi connectivity index (χ1) is 11.7. The zero-order valence-electron chi connectivity index (χ0n) is 15.5. The van der Waals surface area contributed by atoms with Gasteiger partial charge in [-0.15, -0.1) is 0 Å². The van der Waals surface area contributed by atoms with Gasteiger partial charge in [0.15, 0.2) is 0 Å². The highest BCUT2D eigenvalue weighted by Crippen LogP contribution is 2.21. The van der Waals surface area contributed by atoms with Gasteiger partial charge in [-0.2, -0.15) is 0 Å². The molecule has 0 radical (unpaired) electrons. The molecule has 24 heavy (non-hydrogen) atoms. The monoisotopic (exact) mass is 322 g/mol. The van der Waals surface area contributed by atoms with Crippen molar-refractivity contribution < 1.29 is 0 Å². The van der Waals surface area contributed by atoms with E-state index in [2.05, 4.69) is 75.5 Å². The fraction of sp³-hybridized carbons (Fsp3) is 0.409. The molecule has 0 fully saturated rings. The molecule has 1 atom stereocenters. The fourth-order valence-electron chi connectivity index (χ4n) is 2.84. The molecule has 2 aromatic carbocycles. The number of hydrogen-bond donors (Lipinski definition) is 1. The minimum absolute atomic E-state index is 0.372. The van der Waals surface area contributed by atoms with Crippen LogP contribution in [-0.4, -0.2) is 18.3 Å². The predicted molar refractivity (Wildman–Crippen MR) is 108 cm³/mol. The Morgan fingerprint density at radius 3 is 2.54 bits per heavy atom. The van der Waals surface area contributed by atoms with Crippen LogP contribution in [0.2, 0.25) is 0 Å². The number of fused-ring (bicyclic) bond motifs is 1. The van der Waals surface area contributed by atoms with Crippen LogP contribution in [0.3, 0.4) is 0 Å². The largest absolute Gasteiger partial charge is 0.309 e. The fourth-order valence-corrected chi connectivity index (χ4v) is 2.84. The molecule has 2 heteroatoms. The van der Waals surface area contributed by atoms with Crippen LogP contribution in [0.1, 0.15) is 52.5 Å². The summed E-state index contributed by atoms with van der Waals surface area (Å²) < 4.78 is 0. The summed E-state index contributed by atoms with van der Waals surface area (Å²) in [4.78, 5) is 4.72. The van der Waals surface area contributed by atoms with E-state index in [0.29, 0.717) is 6.04 Å². The molecular weight excluding hydrogens is 292 g/mol.